The smallest absolute Gasteiger partial charge is 0.397 e. The van der Waals surface area contributed by atoms with Gasteiger partial charge < -0.3 is 16.2 Å². The van der Waals surface area contributed by atoms with Crippen molar-refractivity contribution >= 4 is 21.4 Å². The molecule has 1 aromatic heterocycles. The van der Waals surface area contributed by atoms with Gasteiger partial charge in [0.1, 0.15) is 0 Å². The molecule has 0 radical (unpaired) electrons. The van der Waals surface area contributed by atoms with Crippen LogP contribution in [0, 0.1) is 0 Å². The summed E-state index contributed by atoms with van der Waals surface area (Å²) in [7, 11) is -3.97. The first-order valence-corrected chi connectivity index (χ1v) is 10.3. The number of benzene rings is 1. The van der Waals surface area contributed by atoms with Gasteiger partial charge in [-0.05, 0) is 29.2 Å². The highest BCUT2D eigenvalue weighted by atomic mass is 32.2. The zero-order valence-electron chi connectivity index (χ0n) is 16.5. The summed E-state index contributed by atoms with van der Waals surface area (Å²) in [5.74, 6) is -1.07. The van der Waals surface area contributed by atoms with Crippen LogP contribution in [0.4, 0.5) is 18.9 Å². The number of nitrogens with zero attached hydrogens (tertiary/aromatic N) is 1. The van der Waals surface area contributed by atoms with Crippen molar-refractivity contribution in [2.75, 3.05) is 12.3 Å². The number of nitrogens with one attached hydrogen (secondary N) is 1. The van der Waals surface area contributed by atoms with Crippen LogP contribution in [0.2, 0.25) is 0 Å². The maximum absolute atomic E-state index is 12.8. The van der Waals surface area contributed by atoms with Crippen LogP contribution in [0.1, 0.15) is 36.8 Å². The van der Waals surface area contributed by atoms with Crippen molar-refractivity contribution in [3.8, 4) is 0 Å². The number of hydrogen-bond acceptors (Lipinski definition) is 6. The topological polar surface area (TPSA) is 122 Å². The molecule has 4 N–H and O–H groups in total. The number of halogens is 3. The third-order valence-corrected chi connectivity index (χ3v) is 6.02. The highest BCUT2D eigenvalue weighted by Gasteiger charge is 2.38. The number of sulfone groups is 1. The van der Waals surface area contributed by atoms with Gasteiger partial charge in [-0.2, -0.15) is 13.2 Å². The number of nitrogen functional groups attached to an aromatic ring is 1. The minimum Gasteiger partial charge on any atom is -0.397 e. The standard InChI is InChI=1S/C19H22F3N3O4S/c1-18(2,3)11-4-6-12(7-5-11)30(28,29)13-8-14(23)16(24-9-13)17(27)25-10-15(26)19(20,21)22/h4-9,15,26H,10,23H2,1-3H3,(H,25,27). The van der Waals surface area contributed by atoms with E-state index in [4.69, 9.17) is 10.8 Å². The average Bonchev–Trinajstić information content (AvgIpc) is 2.64. The Labute approximate surface area is 172 Å². The summed E-state index contributed by atoms with van der Waals surface area (Å²) >= 11 is 0. The fraction of sp³-hybridized carbons (Fsp3) is 0.368. The Morgan fingerprint density at radius 3 is 2.20 bits per heavy atom. The van der Waals surface area contributed by atoms with Crippen LogP contribution in [-0.2, 0) is 15.3 Å². The van der Waals surface area contributed by atoms with Crippen LogP contribution in [0.25, 0.3) is 0 Å². The maximum Gasteiger partial charge on any atom is 0.416 e. The fourth-order valence-corrected chi connectivity index (χ4v) is 3.70. The molecule has 164 valence electrons. The van der Waals surface area contributed by atoms with Crippen LogP contribution >= 0.6 is 0 Å². The highest BCUT2D eigenvalue weighted by Crippen LogP contribution is 2.27. The predicted molar refractivity (Wildman–Crippen MR) is 104 cm³/mol. The normalized spacial score (nSPS) is 13.7. The van der Waals surface area contributed by atoms with Gasteiger partial charge >= 0.3 is 6.18 Å². The number of alkyl halides is 3. The average molecular weight is 445 g/mol. The molecule has 0 aliphatic rings. The van der Waals surface area contributed by atoms with E-state index < -0.39 is 40.3 Å². The van der Waals surface area contributed by atoms with Crippen LogP contribution in [-0.4, -0.2) is 43.2 Å². The molecule has 11 heteroatoms. The Morgan fingerprint density at radius 1 is 1.17 bits per heavy atom. The van der Waals surface area contributed by atoms with Crippen LogP contribution in [0.15, 0.2) is 46.3 Å². The van der Waals surface area contributed by atoms with E-state index in [-0.39, 0.29) is 20.9 Å². The molecule has 0 bridgehead atoms. The molecule has 1 unspecified atom stereocenters. The lowest BCUT2D eigenvalue weighted by molar-refractivity contribution is -0.201. The summed E-state index contributed by atoms with van der Waals surface area (Å²) in [6.07, 6.45) is -6.75. The summed E-state index contributed by atoms with van der Waals surface area (Å²) in [4.78, 5) is 15.4. The second-order valence-corrected chi connectivity index (χ2v) is 9.60. The summed E-state index contributed by atoms with van der Waals surface area (Å²) < 4.78 is 62.5. The van der Waals surface area contributed by atoms with Crippen molar-refractivity contribution in [2.24, 2.45) is 0 Å². The Balaban J connectivity index is 2.24. The van der Waals surface area contributed by atoms with Crippen LogP contribution in [0.5, 0.6) is 0 Å². The number of aliphatic hydroxyl groups is 1. The first-order valence-electron chi connectivity index (χ1n) is 8.78. The molecule has 0 saturated heterocycles. The molecule has 0 fully saturated rings. The number of aromatic nitrogens is 1. The monoisotopic (exact) mass is 445 g/mol. The van der Waals surface area contributed by atoms with Gasteiger partial charge in [0.25, 0.3) is 5.91 Å². The molecule has 7 nitrogen and oxygen atoms in total. The molecule has 30 heavy (non-hydrogen) atoms. The van der Waals surface area contributed by atoms with Gasteiger partial charge in [0.15, 0.2) is 11.8 Å². The van der Waals surface area contributed by atoms with E-state index >= 15 is 0 Å². The van der Waals surface area contributed by atoms with Crippen molar-refractivity contribution in [3.63, 3.8) is 0 Å². The van der Waals surface area contributed by atoms with Crippen molar-refractivity contribution in [1.82, 2.24) is 10.3 Å². The number of amides is 1. The summed E-state index contributed by atoms with van der Waals surface area (Å²) in [5, 5.41) is 10.8. The van der Waals surface area contributed by atoms with E-state index in [0.29, 0.717) is 0 Å². The number of rotatable bonds is 5. The molecule has 0 aliphatic heterocycles. The summed E-state index contributed by atoms with van der Waals surface area (Å²) in [5.41, 5.74) is 5.69. The molecule has 1 amide bonds. The Bertz CT molecular complexity index is 1030. The number of carbonyl (C=O) groups excluding carboxylic acids is 1. The van der Waals surface area contributed by atoms with Gasteiger partial charge in [-0.15, -0.1) is 0 Å². The maximum atomic E-state index is 12.8. The number of pyridine rings is 1. The van der Waals surface area contributed by atoms with E-state index in [1.54, 1.807) is 12.1 Å². The number of aliphatic hydroxyl groups excluding tert-OH is 1. The van der Waals surface area contributed by atoms with E-state index in [1.807, 2.05) is 26.1 Å². The molecular formula is C19H22F3N3O4S. The molecular weight excluding hydrogens is 423 g/mol. The van der Waals surface area contributed by atoms with Crippen LogP contribution in [0.3, 0.4) is 0 Å². The number of hydrogen-bond donors (Lipinski definition) is 3. The molecule has 1 heterocycles. The zero-order valence-corrected chi connectivity index (χ0v) is 17.3. The Morgan fingerprint density at radius 2 is 1.73 bits per heavy atom. The van der Waals surface area contributed by atoms with E-state index in [9.17, 15) is 26.4 Å². The van der Waals surface area contributed by atoms with Crippen molar-refractivity contribution in [2.45, 2.75) is 48.3 Å². The lowest BCUT2D eigenvalue weighted by atomic mass is 9.87. The largest absolute Gasteiger partial charge is 0.416 e. The molecule has 2 rings (SSSR count). The lowest BCUT2D eigenvalue weighted by Gasteiger charge is -2.19. The summed E-state index contributed by atoms with van der Waals surface area (Å²) in [6.45, 7) is 4.86. The number of anilines is 1. The molecule has 0 saturated carbocycles. The quantitative estimate of drug-likeness (QED) is 0.650. The van der Waals surface area contributed by atoms with Gasteiger partial charge in [-0.25, -0.2) is 13.4 Å². The SMILES string of the molecule is CC(C)(C)c1ccc(S(=O)(=O)c2cnc(C(=O)NCC(O)C(F)(F)F)c(N)c2)cc1. The highest BCUT2D eigenvalue weighted by molar-refractivity contribution is 7.91. The fourth-order valence-electron chi connectivity index (χ4n) is 2.46. The third-order valence-electron chi connectivity index (χ3n) is 4.28. The van der Waals surface area contributed by atoms with Gasteiger partial charge in [0.05, 0.1) is 22.0 Å². The molecule has 2 aromatic rings. The second-order valence-electron chi connectivity index (χ2n) is 7.65. The number of nitrogens with two attached hydrogens (primary N) is 1. The van der Waals surface area contributed by atoms with Crippen molar-refractivity contribution in [3.05, 3.63) is 47.8 Å². The molecule has 0 aliphatic carbocycles. The van der Waals surface area contributed by atoms with E-state index in [1.165, 1.54) is 12.1 Å². The van der Waals surface area contributed by atoms with E-state index in [0.717, 1.165) is 17.8 Å². The molecule has 1 atom stereocenters. The van der Waals surface area contributed by atoms with Crippen LogP contribution < -0.4 is 11.1 Å². The molecule has 1 aromatic carbocycles. The third kappa shape index (κ3) is 5.28. The van der Waals surface area contributed by atoms with Gasteiger partial charge in [-0.3, -0.25) is 4.79 Å². The van der Waals surface area contributed by atoms with Gasteiger partial charge in [0, 0.05) is 6.20 Å². The Hall–Kier alpha value is -2.66. The second kappa shape index (κ2) is 8.23. The minimum absolute atomic E-state index is 0.00204. The summed E-state index contributed by atoms with van der Waals surface area (Å²) in [6, 6.07) is 7.29. The first kappa shape index (κ1) is 23.6. The van der Waals surface area contributed by atoms with Crippen molar-refractivity contribution < 1.29 is 31.5 Å². The predicted octanol–water partition coefficient (Wildman–Crippen LogP) is 2.45. The zero-order chi connectivity index (χ0) is 22.9. The van der Waals surface area contributed by atoms with Gasteiger partial charge in [0.2, 0.25) is 9.84 Å². The minimum atomic E-state index is -4.90. The molecule has 0 spiro atoms. The van der Waals surface area contributed by atoms with E-state index in [2.05, 4.69) is 4.98 Å². The first-order chi connectivity index (χ1) is 13.6. The lowest BCUT2D eigenvalue weighted by Crippen LogP contribution is -2.41. The van der Waals surface area contributed by atoms with Crippen molar-refractivity contribution in [1.29, 1.82) is 0 Å². The number of carbonyl (C=O) groups is 1. The van der Waals surface area contributed by atoms with Gasteiger partial charge in [-0.1, -0.05) is 32.9 Å². The Kier molecular flexibility index (Phi) is 6.48.